The first-order valence-electron chi connectivity index (χ1n) is 7.07. The molecule has 0 spiro atoms. The largest absolute Gasteiger partial charge is 0.337 e. The van der Waals surface area contributed by atoms with Gasteiger partial charge in [0, 0.05) is 25.8 Å². The first kappa shape index (κ1) is 11.7. The zero-order valence-corrected chi connectivity index (χ0v) is 11.2. The van der Waals surface area contributed by atoms with Gasteiger partial charge in [0.1, 0.15) is 5.69 Å². The van der Waals surface area contributed by atoms with Crippen molar-refractivity contribution in [2.24, 2.45) is 0 Å². The summed E-state index contributed by atoms with van der Waals surface area (Å²) in [4.78, 5) is 14.7. The van der Waals surface area contributed by atoms with Crippen molar-refractivity contribution in [3.63, 3.8) is 0 Å². The second kappa shape index (κ2) is 4.49. The van der Waals surface area contributed by atoms with Gasteiger partial charge < -0.3 is 14.8 Å². The fourth-order valence-corrected chi connectivity index (χ4v) is 3.38. The number of carbonyl (C=O) groups is 1. The van der Waals surface area contributed by atoms with Crippen molar-refractivity contribution in [2.45, 2.75) is 18.6 Å². The molecular formula is C16H17N3O. The van der Waals surface area contributed by atoms with Crippen molar-refractivity contribution in [2.75, 3.05) is 13.1 Å². The molecule has 0 saturated carbocycles. The number of benzene rings is 1. The van der Waals surface area contributed by atoms with E-state index in [4.69, 9.17) is 0 Å². The molecular weight excluding hydrogens is 250 g/mol. The van der Waals surface area contributed by atoms with Crippen LogP contribution in [0.25, 0.3) is 0 Å². The second-order valence-corrected chi connectivity index (χ2v) is 5.51. The standard InChI is InChI=1S/C16H17N3O/c20-16-13-7-4-8-18(13)14-9-17-10-15(14)19(16)11-12-5-2-1-3-6-12/h1-8,14-15,17H,9-11H2/t14-,15+/m0/s1. The highest BCUT2D eigenvalue weighted by Gasteiger charge is 2.41. The summed E-state index contributed by atoms with van der Waals surface area (Å²) in [5.74, 6) is 0.142. The molecule has 1 fully saturated rings. The predicted molar refractivity (Wildman–Crippen MR) is 76.4 cm³/mol. The molecule has 0 radical (unpaired) electrons. The molecule has 1 aromatic heterocycles. The van der Waals surface area contributed by atoms with E-state index in [0.717, 1.165) is 18.8 Å². The van der Waals surface area contributed by atoms with Crippen molar-refractivity contribution < 1.29 is 4.79 Å². The highest BCUT2D eigenvalue weighted by Crippen LogP contribution is 2.31. The minimum Gasteiger partial charge on any atom is -0.337 e. The van der Waals surface area contributed by atoms with E-state index in [-0.39, 0.29) is 11.9 Å². The van der Waals surface area contributed by atoms with Crippen LogP contribution in [0.4, 0.5) is 0 Å². The summed E-state index contributed by atoms with van der Waals surface area (Å²) in [5, 5.41) is 3.42. The Bertz CT molecular complexity index is 634. The third kappa shape index (κ3) is 1.68. The monoisotopic (exact) mass is 267 g/mol. The minimum atomic E-state index is 0.142. The predicted octanol–water partition coefficient (Wildman–Crippen LogP) is 1.66. The lowest BCUT2D eigenvalue weighted by Crippen LogP contribution is -2.49. The van der Waals surface area contributed by atoms with Crippen LogP contribution in [0.1, 0.15) is 22.1 Å². The van der Waals surface area contributed by atoms with E-state index >= 15 is 0 Å². The van der Waals surface area contributed by atoms with Gasteiger partial charge in [0.05, 0.1) is 12.1 Å². The summed E-state index contributed by atoms with van der Waals surface area (Å²) in [7, 11) is 0. The average molecular weight is 267 g/mol. The average Bonchev–Trinajstić information content (AvgIpc) is 3.12. The topological polar surface area (TPSA) is 37.3 Å². The summed E-state index contributed by atoms with van der Waals surface area (Å²) < 4.78 is 2.13. The first-order chi connectivity index (χ1) is 9.84. The molecule has 4 nitrogen and oxygen atoms in total. The Morgan fingerprint density at radius 2 is 1.85 bits per heavy atom. The molecule has 0 bridgehead atoms. The molecule has 2 atom stereocenters. The molecule has 3 heterocycles. The third-order valence-electron chi connectivity index (χ3n) is 4.36. The molecule has 1 saturated heterocycles. The lowest BCUT2D eigenvalue weighted by Gasteiger charge is -2.38. The van der Waals surface area contributed by atoms with Gasteiger partial charge in [-0.1, -0.05) is 30.3 Å². The molecule has 0 unspecified atom stereocenters. The van der Waals surface area contributed by atoms with Crippen LogP contribution in [0.2, 0.25) is 0 Å². The van der Waals surface area contributed by atoms with Gasteiger partial charge >= 0.3 is 0 Å². The first-order valence-corrected chi connectivity index (χ1v) is 7.07. The number of hydrogen-bond donors (Lipinski definition) is 1. The van der Waals surface area contributed by atoms with Crippen LogP contribution in [0.3, 0.4) is 0 Å². The normalized spacial score (nSPS) is 24.6. The lowest BCUT2D eigenvalue weighted by molar-refractivity contribution is 0.0561. The van der Waals surface area contributed by atoms with Gasteiger partial charge in [0.15, 0.2) is 0 Å². The maximum atomic E-state index is 12.7. The molecule has 2 aliphatic heterocycles. The smallest absolute Gasteiger partial charge is 0.271 e. The van der Waals surface area contributed by atoms with Crippen LogP contribution >= 0.6 is 0 Å². The summed E-state index contributed by atoms with van der Waals surface area (Å²) in [6.45, 7) is 2.50. The Labute approximate surface area is 118 Å². The van der Waals surface area contributed by atoms with Crippen molar-refractivity contribution in [1.82, 2.24) is 14.8 Å². The van der Waals surface area contributed by atoms with Gasteiger partial charge in [-0.2, -0.15) is 0 Å². The molecule has 1 amide bonds. The van der Waals surface area contributed by atoms with E-state index < -0.39 is 0 Å². The zero-order valence-electron chi connectivity index (χ0n) is 11.2. The quantitative estimate of drug-likeness (QED) is 0.898. The molecule has 20 heavy (non-hydrogen) atoms. The Morgan fingerprint density at radius 3 is 2.70 bits per heavy atom. The van der Waals surface area contributed by atoms with Gasteiger partial charge in [-0.3, -0.25) is 4.79 Å². The number of nitrogens with zero attached hydrogens (tertiary/aromatic N) is 2. The number of fused-ring (bicyclic) bond motifs is 3. The number of amides is 1. The Balaban J connectivity index is 1.71. The fraction of sp³-hybridized carbons (Fsp3) is 0.312. The van der Waals surface area contributed by atoms with E-state index in [1.807, 2.05) is 41.4 Å². The number of nitrogens with one attached hydrogen (secondary N) is 1. The van der Waals surface area contributed by atoms with E-state index in [1.54, 1.807) is 0 Å². The number of aromatic nitrogens is 1. The van der Waals surface area contributed by atoms with E-state index in [0.29, 0.717) is 12.6 Å². The minimum absolute atomic E-state index is 0.142. The third-order valence-corrected chi connectivity index (χ3v) is 4.36. The van der Waals surface area contributed by atoms with Gasteiger partial charge in [-0.05, 0) is 17.7 Å². The Kier molecular flexibility index (Phi) is 2.63. The second-order valence-electron chi connectivity index (χ2n) is 5.51. The highest BCUT2D eigenvalue weighted by atomic mass is 16.2. The van der Waals surface area contributed by atoms with Crippen LogP contribution < -0.4 is 5.32 Å². The Hall–Kier alpha value is -2.07. The van der Waals surface area contributed by atoms with Crippen LogP contribution in [0.15, 0.2) is 48.7 Å². The molecule has 1 aromatic carbocycles. The maximum Gasteiger partial charge on any atom is 0.271 e. The van der Waals surface area contributed by atoms with E-state index in [1.165, 1.54) is 5.56 Å². The molecule has 4 heteroatoms. The van der Waals surface area contributed by atoms with Crippen molar-refractivity contribution >= 4 is 5.91 Å². The highest BCUT2D eigenvalue weighted by molar-refractivity contribution is 5.94. The zero-order chi connectivity index (χ0) is 13.5. The lowest BCUT2D eigenvalue weighted by atomic mass is 10.0. The number of rotatable bonds is 2. The fourth-order valence-electron chi connectivity index (χ4n) is 3.38. The van der Waals surface area contributed by atoms with Crippen molar-refractivity contribution in [1.29, 1.82) is 0 Å². The summed E-state index contributed by atoms with van der Waals surface area (Å²) in [6.07, 6.45) is 2.03. The van der Waals surface area contributed by atoms with E-state index in [2.05, 4.69) is 22.0 Å². The summed E-state index contributed by atoms with van der Waals surface area (Å²) in [6, 6.07) is 14.7. The van der Waals surface area contributed by atoms with Gasteiger partial charge in [-0.15, -0.1) is 0 Å². The van der Waals surface area contributed by atoms with Crippen LogP contribution in [0.5, 0.6) is 0 Å². The van der Waals surface area contributed by atoms with Crippen LogP contribution in [-0.2, 0) is 6.54 Å². The Morgan fingerprint density at radius 1 is 1.05 bits per heavy atom. The molecule has 2 aliphatic rings. The molecule has 102 valence electrons. The van der Waals surface area contributed by atoms with Gasteiger partial charge in [-0.25, -0.2) is 0 Å². The summed E-state index contributed by atoms with van der Waals surface area (Å²) in [5.41, 5.74) is 2.00. The number of carbonyl (C=O) groups excluding carboxylic acids is 1. The van der Waals surface area contributed by atoms with Crippen molar-refractivity contribution in [3.8, 4) is 0 Å². The molecule has 1 N–H and O–H groups in total. The van der Waals surface area contributed by atoms with Gasteiger partial charge in [0.25, 0.3) is 5.91 Å². The molecule has 0 aliphatic carbocycles. The van der Waals surface area contributed by atoms with Crippen LogP contribution in [0, 0.1) is 0 Å². The molecule has 4 rings (SSSR count). The summed E-state index contributed by atoms with van der Waals surface area (Å²) >= 11 is 0. The molecule has 2 aromatic rings. The SMILES string of the molecule is O=C1c2cccn2[C@H]2CNC[C@H]2N1Cc1ccccc1. The van der Waals surface area contributed by atoms with Gasteiger partial charge in [0.2, 0.25) is 0 Å². The van der Waals surface area contributed by atoms with Crippen LogP contribution in [-0.4, -0.2) is 34.5 Å². The van der Waals surface area contributed by atoms with Crippen molar-refractivity contribution in [3.05, 3.63) is 59.9 Å². The maximum absolute atomic E-state index is 12.7. The van der Waals surface area contributed by atoms with E-state index in [9.17, 15) is 4.79 Å². The number of hydrogen-bond acceptors (Lipinski definition) is 2.